The van der Waals surface area contributed by atoms with Crippen LogP contribution in [-0.2, 0) is 22.6 Å². The first-order valence-electron chi connectivity index (χ1n) is 10.8. The van der Waals surface area contributed by atoms with Crippen molar-refractivity contribution in [1.29, 1.82) is 0 Å². The summed E-state index contributed by atoms with van der Waals surface area (Å²) in [7, 11) is 0. The molecular weight excluding hydrogens is 354 g/mol. The smallest absolute Gasteiger partial charge is 0.315 e. The summed E-state index contributed by atoms with van der Waals surface area (Å²) >= 11 is 0. The third-order valence-electron chi connectivity index (χ3n) is 5.57. The summed E-state index contributed by atoms with van der Waals surface area (Å²) in [6.45, 7) is 6.35. The van der Waals surface area contributed by atoms with Crippen molar-refractivity contribution in [3.8, 4) is 0 Å². The highest BCUT2D eigenvalue weighted by molar-refractivity contribution is 5.73. The second kappa shape index (κ2) is 12.0. The summed E-state index contributed by atoms with van der Waals surface area (Å²) in [5.74, 6) is 0. The Morgan fingerprint density at radius 3 is 2.61 bits per heavy atom. The molecule has 2 aliphatic rings. The highest BCUT2D eigenvalue weighted by Crippen LogP contribution is 2.20. The van der Waals surface area contributed by atoms with E-state index < -0.39 is 0 Å². The minimum absolute atomic E-state index is 0.112. The average molecular weight is 390 g/mol. The van der Waals surface area contributed by atoms with Gasteiger partial charge in [-0.05, 0) is 30.4 Å². The predicted molar refractivity (Wildman–Crippen MR) is 110 cm³/mol. The molecule has 6 nitrogen and oxygen atoms in total. The van der Waals surface area contributed by atoms with Crippen LogP contribution in [0.3, 0.4) is 0 Å². The molecule has 0 atom stereocenters. The van der Waals surface area contributed by atoms with Crippen LogP contribution in [0.1, 0.15) is 49.7 Å². The first kappa shape index (κ1) is 21.1. The van der Waals surface area contributed by atoms with Crippen molar-refractivity contribution in [1.82, 2.24) is 15.5 Å². The lowest BCUT2D eigenvalue weighted by Crippen LogP contribution is -2.37. The number of urea groups is 1. The summed E-state index contributed by atoms with van der Waals surface area (Å²) in [6.07, 6.45) is 7.60. The average Bonchev–Trinajstić information content (AvgIpc) is 2.74. The van der Waals surface area contributed by atoms with Gasteiger partial charge in [-0.25, -0.2) is 4.79 Å². The van der Waals surface area contributed by atoms with E-state index in [1.54, 1.807) is 0 Å². The fourth-order valence-corrected chi connectivity index (χ4v) is 3.88. The Morgan fingerprint density at radius 2 is 1.82 bits per heavy atom. The molecule has 2 fully saturated rings. The van der Waals surface area contributed by atoms with Crippen molar-refractivity contribution in [2.24, 2.45) is 0 Å². The van der Waals surface area contributed by atoms with Crippen molar-refractivity contribution in [2.45, 2.75) is 57.7 Å². The highest BCUT2D eigenvalue weighted by atomic mass is 16.5. The number of nitrogens with zero attached hydrogens (tertiary/aromatic N) is 1. The number of nitrogens with one attached hydrogen (secondary N) is 2. The molecule has 0 bridgehead atoms. The van der Waals surface area contributed by atoms with Crippen LogP contribution in [0.25, 0.3) is 0 Å². The van der Waals surface area contributed by atoms with Gasteiger partial charge in [-0.15, -0.1) is 0 Å². The molecule has 1 heterocycles. The number of morpholine rings is 1. The maximum absolute atomic E-state index is 12.1. The van der Waals surface area contributed by atoms with Crippen molar-refractivity contribution in [3.63, 3.8) is 0 Å². The minimum Gasteiger partial charge on any atom is -0.379 e. The van der Waals surface area contributed by atoms with Gasteiger partial charge in [0.15, 0.2) is 0 Å². The standard InChI is InChI=1S/C22H35N3O3/c26-22(23-11-6-14-28-21-9-2-1-3-10-21)24-17-19-7-4-5-8-20(19)18-25-12-15-27-16-13-25/h4-5,7-8,21H,1-3,6,9-18H2,(H2,23,24,26). The zero-order valence-corrected chi connectivity index (χ0v) is 17.0. The Morgan fingerprint density at radius 1 is 1.07 bits per heavy atom. The van der Waals surface area contributed by atoms with Crippen LogP contribution in [0.5, 0.6) is 0 Å². The monoisotopic (exact) mass is 389 g/mol. The number of ether oxygens (including phenoxy) is 2. The van der Waals surface area contributed by atoms with Gasteiger partial charge >= 0.3 is 6.03 Å². The number of benzene rings is 1. The van der Waals surface area contributed by atoms with E-state index in [2.05, 4.69) is 33.7 Å². The second-order valence-electron chi connectivity index (χ2n) is 7.75. The Balaban J connectivity index is 1.31. The molecule has 0 unspecified atom stereocenters. The van der Waals surface area contributed by atoms with Crippen LogP contribution in [0.2, 0.25) is 0 Å². The van der Waals surface area contributed by atoms with Crippen LogP contribution < -0.4 is 10.6 Å². The molecule has 0 radical (unpaired) electrons. The molecule has 0 spiro atoms. The molecule has 2 amide bonds. The molecule has 1 aromatic carbocycles. The first-order chi connectivity index (χ1) is 13.8. The van der Waals surface area contributed by atoms with E-state index in [-0.39, 0.29) is 6.03 Å². The molecule has 1 aliphatic heterocycles. The molecule has 1 saturated carbocycles. The van der Waals surface area contributed by atoms with Crippen molar-refractivity contribution >= 4 is 6.03 Å². The quantitative estimate of drug-likeness (QED) is 0.637. The predicted octanol–water partition coefficient (Wildman–Crippen LogP) is 3.06. The van der Waals surface area contributed by atoms with Gasteiger partial charge in [0.25, 0.3) is 0 Å². The van der Waals surface area contributed by atoms with Gasteiger partial charge < -0.3 is 20.1 Å². The molecular formula is C22H35N3O3. The number of carbonyl (C=O) groups excluding carboxylic acids is 1. The third-order valence-corrected chi connectivity index (χ3v) is 5.57. The molecule has 28 heavy (non-hydrogen) atoms. The number of rotatable bonds is 9. The van der Waals surface area contributed by atoms with E-state index in [9.17, 15) is 4.79 Å². The van der Waals surface area contributed by atoms with Gasteiger partial charge in [-0.2, -0.15) is 0 Å². The topological polar surface area (TPSA) is 62.8 Å². The first-order valence-corrected chi connectivity index (χ1v) is 10.8. The van der Waals surface area contributed by atoms with E-state index in [0.29, 0.717) is 19.2 Å². The second-order valence-corrected chi connectivity index (χ2v) is 7.75. The normalized spacial score (nSPS) is 18.7. The lowest BCUT2D eigenvalue weighted by atomic mass is 9.98. The van der Waals surface area contributed by atoms with Gasteiger partial charge in [-0.3, -0.25) is 4.90 Å². The van der Waals surface area contributed by atoms with Crippen molar-refractivity contribution in [3.05, 3.63) is 35.4 Å². The van der Waals surface area contributed by atoms with E-state index >= 15 is 0 Å². The highest BCUT2D eigenvalue weighted by Gasteiger charge is 2.14. The largest absolute Gasteiger partial charge is 0.379 e. The fourth-order valence-electron chi connectivity index (χ4n) is 3.88. The van der Waals surface area contributed by atoms with Gasteiger partial charge in [0.1, 0.15) is 0 Å². The number of hydrogen-bond acceptors (Lipinski definition) is 4. The molecule has 3 rings (SSSR count). The molecule has 1 saturated heterocycles. The van der Waals surface area contributed by atoms with Crippen molar-refractivity contribution in [2.75, 3.05) is 39.5 Å². The van der Waals surface area contributed by atoms with Crippen LogP contribution >= 0.6 is 0 Å². The Hall–Kier alpha value is -1.63. The van der Waals surface area contributed by atoms with E-state index in [4.69, 9.17) is 9.47 Å². The third kappa shape index (κ3) is 7.41. The van der Waals surface area contributed by atoms with E-state index in [1.165, 1.54) is 43.2 Å². The number of carbonyl (C=O) groups is 1. The van der Waals surface area contributed by atoms with Gasteiger partial charge in [-0.1, -0.05) is 43.5 Å². The number of hydrogen-bond donors (Lipinski definition) is 2. The maximum Gasteiger partial charge on any atom is 0.315 e. The summed E-state index contributed by atoms with van der Waals surface area (Å²) in [6, 6.07) is 8.21. The fraction of sp³-hybridized carbons (Fsp3) is 0.682. The van der Waals surface area contributed by atoms with Crippen LogP contribution in [0.4, 0.5) is 4.79 Å². The van der Waals surface area contributed by atoms with E-state index in [0.717, 1.165) is 45.9 Å². The summed E-state index contributed by atoms with van der Waals surface area (Å²) in [5, 5.41) is 5.92. The number of amides is 2. The summed E-state index contributed by atoms with van der Waals surface area (Å²) < 4.78 is 11.3. The Bertz CT molecular complexity index is 584. The lowest BCUT2D eigenvalue weighted by Gasteiger charge is -2.27. The summed E-state index contributed by atoms with van der Waals surface area (Å²) in [5.41, 5.74) is 2.44. The molecule has 6 heteroatoms. The molecule has 2 N–H and O–H groups in total. The van der Waals surface area contributed by atoms with Crippen LogP contribution in [0.15, 0.2) is 24.3 Å². The molecule has 1 aliphatic carbocycles. The zero-order valence-electron chi connectivity index (χ0n) is 17.0. The minimum atomic E-state index is -0.112. The van der Waals surface area contributed by atoms with Crippen LogP contribution in [-0.4, -0.2) is 56.5 Å². The zero-order chi connectivity index (χ0) is 19.4. The molecule has 156 valence electrons. The Kier molecular flexibility index (Phi) is 9.07. The summed E-state index contributed by atoms with van der Waals surface area (Å²) in [4.78, 5) is 14.5. The van der Waals surface area contributed by atoms with Gasteiger partial charge in [0, 0.05) is 39.3 Å². The maximum atomic E-state index is 12.1. The van der Waals surface area contributed by atoms with Crippen LogP contribution in [0, 0.1) is 0 Å². The lowest BCUT2D eigenvalue weighted by molar-refractivity contribution is 0.0275. The SMILES string of the molecule is O=C(NCCCOC1CCCCC1)NCc1ccccc1CN1CCOCC1. The van der Waals surface area contributed by atoms with Crippen molar-refractivity contribution < 1.29 is 14.3 Å². The van der Waals surface area contributed by atoms with Gasteiger partial charge in [0.05, 0.1) is 19.3 Å². The molecule has 1 aromatic rings. The van der Waals surface area contributed by atoms with E-state index in [1.807, 2.05) is 6.07 Å². The van der Waals surface area contributed by atoms with Gasteiger partial charge in [0.2, 0.25) is 0 Å². The Labute approximate surface area is 169 Å². The molecule has 0 aromatic heterocycles.